The van der Waals surface area contributed by atoms with Crippen molar-refractivity contribution >= 4 is 27.5 Å². The summed E-state index contributed by atoms with van der Waals surface area (Å²) in [7, 11) is -3.63. The highest BCUT2D eigenvalue weighted by atomic mass is 32.2. The minimum atomic E-state index is -3.63. The maximum atomic E-state index is 12.9. The van der Waals surface area contributed by atoms with Crippen LogP contribution in [0, 0.1) is 12.8 Å². The third-order valence-electron chi connectivity index (χ3n) is 4.85. The van der Waals surface area contributed by atoms with Crippen LogP contribution in [0.3, 0.4) is 0 Å². The SMILES string of the molecule is Cc1ccc(S(=O)(=O)N2CCC[C@@H](C(=O)Nc3ccc(C(N)=O)cc3)C2)cc1. The Hall–Kier alpha value is -2.71. The second-order valence-corrected chi connectivity index (χ2v) is 8.88. The molecule has 2 aromatic carbocycles. The summed E-state index contributed by atoms with van der Waals surface area (Å²) in [5.74, 6) is -1.22. The van der Waals surface area contributed by atoms with E-state index in [0.29, 0.717) is 30.6 Å². The number of primary amides is 1. The lowest BCUT2D eigenvalue weighted by atomic mass is 9.98. The molecule has 8 heteroatoms. The van der Waals surface area contributed by atoms with Crippen LogP contribution in [0.25, 0.3) is 0 Å². The molecule has 0 aromatic heterocycles. The van der Waals surface area contributed by atoms with Gasteiger partial charge in [-0.3, -0.25) is 9.59 Å². The van der Waals surface area contributed by atoms with Crippen LogP contribution in [0.15, 0.2) is 53.4 Å². The smallest absolute Gasteiger partial charge is 0.248 e. The predicted octanol–water partition coefficient (Wildman–Crippen LogP) is 2.13. The molecule has 0 spiro atoms. The fraction of sp³-hybridized carbons (Fsp3) is 0.300. The topological polar surface area (TPSA) is 110 Å². The number of benzene rings is 2. The van der Waals surface area contributed by atoms with Gasteiger partial charge in [0.05, 0.1) is 10.8 Å². The van der Waals surface area contributed by atoms with E-state index in [1.54, 1.807) is 36.4 Å². The van der Waals surface area contributed by atoms with Gasteiger partial charge in [-0.2, -0.15) is 4.31 Å². The van der Waals surface area contributed by atoms with E-state index >= 15 is 0 Å². The summed E-state index contributed by atoms with van der Waals surface area (Å²) in [6, 6.07) is 13.0. The molecule has 28 heavy (non-hydrogen) atoms. The molecule has 148 valence electrons. The molecule has 0 saturated carbocycles. The van der Waals surface area contributed by atoms with Crippen molar-refractivity contribution in [2.75, 3.05) is 18.4 Å². The van der Waals surface area contributed by atoms with Crippen molar-refractivity contribution in [3.63, 3.8) is 0 Å². The first-order valence-electron chi connectivity index (χ1n) is 9.05. The van der Waals surface area contributed by atoms with Crippen molar-refractivity contribution < 1.29 is 18.0 Å². The van der Waals surface area contributed by atoms with Crippen molar-refractivity contribution in [1.82, 2.24) is 4.31 Å². The van der Waals surface area contributed by atoms with Crippen LogP contribution in [0.4, 0.5) is 5.69 Å². The summed E-state index contributed by atoms with van der Waals surface area (Å²) in [4.78, 5) is 24.0. The third kappa shape index (κ3) is 4.40. The summed E-state index contributed by atoms with van der Waals surface area (Å²) < 4.78 is 27.1. The molecule has 0 radical (unpaired) electrons. The van der Waals surface area contributed by atoms with Gasteiger partial charge in [0.25, 0.3) is 0 Å². The van der Waals surface area contributed by atoms with E-state index in [-0.39, 0.29) is 17.3 Å². The minimum absolute atomic E-state index is 0.140. The van der Waals surface area contributed by atoms with Gasteiger partial charge in [-0.05, 0) is 56.2 Å². The molecule has 3 N–H and O–H groups in total. The molecule has 1 heterocycles. The Kier molecular flexibility index (Phi) is 5.81. The molecule has 1 aliphatic heterocycles. The summed E-state index contributed by atoms with van der Waals surface area (Å²) >= 11 is 0. The average molecular weight is 401 g/mol. The zero-order valence-electron chi connectivity index (χ0n) is 15.6. The van der Waals surface area contributed by atoms with Crippen LogP contribution in [0.2, 0.25) is 0 Å². The van der Waals surface area contributed by atoms with Crippen molar-refractivity contribution in [2.24, 2.45) is 11.7 Å². The molecule has 1 fully saturated rings. The highest BCUT2D eigenvalue weighted by Crippen LogP contribution is 2.25. The number of rotatable bonds is 5. The summed E-state index contributed by atoms with van der Waals surface area (Å²) in [5, 5.41) is 2.78. The van der Waals surface area contributed by atoms with E-state index in [4.69, 9.17) is 5.73 Å². The standard InChI is InChI=1S/C20H23N3O4S/c1-14-4-10-18(11-5-14)28(26,27)23-12-2-3-16(13-23)20(25)22-17-8-6-15(7-9-17)19(21)24/h4-11,16H,2-3,12-13H2,1H3,(H2,21,24)(H,22,25)/t16-/m1/s1. The largest absolute Gasteiger partial charge is 0.366 e. The van der Waals surface area contributed by atoms with Crippen molar-refractivity contribution in [3.8, 4) is 0 Å². The number of hydrogen-bond donors (Lipinski definition) is 2. The molecule has 0 unspecified atom stereocenters. The first-order valence-corrected chi connectivity index (χ1v) is 10.5. The number of carbonyl (C=O) groups is 2. The first kappa shape index (κ1) is 20.0. The van der Waals surface area contributed by atoms with Crippen LogP contribution < -0.4 is 11.1 Å². The molecule has 2 amide bonds. The third-order valence-corrected chi connectivity index (χ3v) is 6.73. The van der Waals surface area contributed by atoms with Gasteiger partial charge >= 0.3 is 0 Å². The van der Waals surface area contributed by atoms with Crippen molar-refractivity contribution in [3.05, 3.63) is 59.7 Å². The van der Waals surface area contributed by atoms with Crippen molar-refractivity contribution in [1.29, 1.82) is 0 Å². The molecule has 0 aliphatic carbocycles. The van der Waals surface area contributed by atoms with Gasteiger partial charge in [-0.25, -0.2) is 8.42 Å². The zero-order chi connectivity index (χ0) is 20.3. The van der Waals surface area contributed by atoms with Crippen LogP contribution in [-0.2, 0) is 14.8 Å². The molecule has 3 rings (SSSR count). The second-order valence-electron chi connectivity index (χ2n) is 6.95. The van der Waals surface area contributed by atoms with Gasteiger partial charge in [0.1, 0.15) is 0 Å². The number of piperidine rings is 1. The summed E-state index contributed by atoms with van der Waals surface area (Å²) in [6.45, 7) is 2.43. The number of sulfonamides is 1. The Morgan fingerprint density at radius 1 is 1.07 bits per heavy atom. The zero-order valence-corrected chi connectivity index (χ0v) is 16.4. The lowest BCUT2D eigenvalue weighted by Crippen LogP contribution is -2.43. The number of nitrogens with two attached hydrogens (primary N) is 1. The Balaban J connectivity index is 1.69. The van der Waals surface area contributed by atoms with Gasteiger partial charge in [-0.15, -0.1) is 0 Å². The highest BCUT2D eigenvalue weighted by Gasteiger charge is 2.33. The Morgan fingerprint density at radius 2 is 1.71 bits per heavy atom. The highest BCUT2D eigenvalue weighted by molar-refractivity contribution is 7.89. The van der Waals surface area contributed by atoms with Crippen molar-refractivity contribution in [2.45, 2.75) is 24.7 Å². The first-order chi connectivity index (χ1) is 13.3. The summed E-state index contributed by atoms with van der Waals surface area (Å²) in [6.07, 6.45) is 1.23. The van der Waals surface area contributed by atoms with Gasteiger partial charge < -0.3 is 11.1 Å². The normalized spacial score (nSPS) is 17.8. The average Bonchev–Trinajstić information content (AvgIpc) is 2.69. The summed E-state index contributed by atoms with van der Waals surface area (Å²) in [5.41, 5.74) is 7.08. The quantitative estimate of drug-likeness (QED) is 0.800. The fourth-order valence-electron chi connectivity index (χ4n) is 3.20. The molecule has 0 bridgehead atoms. The molecular weight excluding hydrogens is 378 g/mol. The van der Waals surface area contributed by atoms with E-state index in [2.05, 4.69) is 5.32 Å². The number of aryl methyl sites for hydroxylation is 1. The minimum Gasteiger partial charge on any atom is -0.366 e. The second kappa shape index (κ2) is 8.12. The number of nitrogens with zero attached hydrogens (tertiary/aromatic N) is 1. The maximum absolute atomic E-state index is 12.9. The number of hydrogen-bond acceptors (Lipinski definition) is 4. The monoisotopic (exact) mass is 401 g/mol. The Bertz CT molecular complexity index is 970. The van der Waals surface area contributed by atoms with Crippen LogP contribution >= 0.6 is 0 Å². The van der Waals surface area contributed by atoms with Crippen LogP contribution in [0.5, 0.6) is 0 Å². The van der Waals surface area contributed by atoms with E-state index in [1.165, 1.54) is 16.4 Å². The van der Waals surface area contributed by atoms with Gasteiger partial charge in [0.15, 0.2) is 0 Å². The molecule has 1 saturated heterocycles. The molecular formula is C20H23N3O4S. The van der Waals surface area contributed by atoms with Crippen LogP contribution in [0.1, 0.15) is 28.8 Å². The number of anilines is 1. The molecule has 1 aliphatic rings. The lowest BCUT2D eigenvalue weighted by molar-refractivity contribution is -0.120. The fourth-order valence-corrected chi connectivity index (χ4v) is 4.72. The maximum Gasteiger partial charge on any atom is 0.248 e. The number of carbonyl (C=O) groups excluding carboxylic acids is 2. The van der Waals surface area contributed by atoms with E-state index in [1.807, 2.05) is 6.92 Å². The van der Waals surface area contributed by atoms with Gasteiger partial charge in [0, 0.05) is 24.3 Å². The van der Waals surface area contributed by atoms with E-state index in [9.17, 15) is 18.0 Å². The van der Waals surface area contributed by atoms with Crippen LogP contribution in [-0.4, -0.2) is 37.6 Å². The molecule has 7 nitrogen and oxygen atoms in total. The van der Waals surface area contributed by atoms with Gasteiger partial charge in [0.2, 0.25) is 21.8 Å². The molecule has 1 atom stereocenters. The number of nitrogens with one attached hydrogen (secondary N) is 1. The number of amides is 2. The lowest BCUT2D eigenvalue weighted by Gasteiger charge is -2.31. The van der Waals surface area contributed by atoms with E-state index in [0.717, 1.165) is 5.56 Å². The van der Waals surface area contributed by atoms with Gasteiger partial charge in [-0.1, -0.05) is 17.7 Å². The Labute approximate surface area is 164 Å². The predicted molar refractivity (Wildman–Crippen MR) is 106 cm³/mol. The molecule has 2 aromatic rings. The Morgan fingerprint density at radius 3 is 2.32 bits per heavy atom. The van der Waals surface area contributed by atoms with E-state index < -0.39 is 21.8 Å².